The number of nitrogens with one attached hydrogen (secondary N) is 1. The maximum absolute atomic E-state index is 5.06. The fraction of sp³-hybridized carbons (Fsp3) is 0.375. The van der Waals surface area contributed by atoms with E-state index < -0.39 is 0 Å². The average molecular weight is 380 g/mol. The SMILES string of the molecule is CN=C(NCc1ccc(OC)nc1)N(C)Cc1cc(Br)cn1C. The van der Waals surface area contributed by atoms with Crippen LogP contribution in [0.5, 0.6) is 5.88 Å². The molecular formula is C16H22BrN5O. The predicted octanol–water partition coefficient (Wildman–Crippen LogP) is 2.40. The van der Waals surface area contributed by atoms with Gasteiger partial charge in [0, 0.05) is 56.3 Å². The van der Waals surface area contributed by atoms with Crippen LogP contribution in [0.4, 0.5) is 0 Å². The van der Waals surface area contributed by atoms with Gasteiger partial charge in [0.1, 0.15) is 0 Å². The third-order valence-corrected chi connectivity index (χ3v) is 3.94. The summed E-state index contributed by atoms with van der Waals surface area (Å²) in [7, 11) is 7.45. The van der Waals surface area contributed by atoms with E-state index in [0.29, 0.717) is 12.4 Å². The number of ether oxygens (including phenoxy) is 1. The van der Waals surface area contributed by atoms with E-state index in [0.717, 1.165) is 22.5 Å². The van der Waals surface area contributed by atoms with Crippen LogP contribution in [0.3, 0.4) is 0 Å². The first-order chi connectivity index (χ1) is 11.0. The fourth-order valence-electron chi connectivity index (χ4n) is 2.24. The normalized spacial score (nSPS) is 11.4. The minimum Gasteiger partial charge on any atom is -0.481 e. The third kappa shape index (κ3) is 4.72. The van der Waals surface area contributed by atoms with Crippen LogP contribution in [0.2, 0.25) is 0 Å². The van der Waals surface area contributed by atoms with Gasteiger partial charge in [-0.25, -0.2) is 4.98 Å². The van der Waals surface area contributed by atoms with Crippen LogP contribution in [-0.4, -0.2) is 41.6 Å². The molecule has 0 saturated carbocycles. The number of pyridine rings is 1. The Labute approximate surface area is 145 Å². The molecule has 0 bridgehead atoms. The molecule has 2 aromatic heterocycles. The Morgan fingerprint density at radius 3 is 2.78 bits per heavy atom. The van der Waals surface area contributed by atoms with Crippen molar-refractivity contribution in [1.29, 1.82) is 0 Å². The molecule has 2 heterocycles. The molecular weight excluding hydrogens is 358 g/mol. The second kappa shape index (κ2) is 8.01. The van der Waals surface area contributed by atoms with Gasteiger partial charge in [0.2, 0.25) is 5.88 Å². The maximum Gasteiger partial charge on any atom is 0.212 e. The quantitative estimate of drug-likeness (QED) is 0.640. The largest absolute Gasteiger partial charge is 0.481 e. The Hall–Kier alpha value is -2.02. The summed E-state index contributed by atoms with van der Waals surface area (Å²) in [6, 6.07) is 5.95. The fourth-order valence-corrected chi connectivity index (χ4v) is 2.81. The highest BCUT2D eigenvalue weighted by Gasteiger charge is 2.09. The summed E-state index contributed by atoms with van der Waals surface area (Å²) in [6.07, 6.45) is 3.84. The molecule has 0 radical (unpaired) electrons. The van der Waals surface area contributed by atoms with E-state index in [1.165, 1.54) is 5.69 Å². The number of halogens is 1. The van der Waals surface area contributed by atoms with Gasteiger partial charge in [-0.1, -0.05) is 6.07 Å². The molecule has 0 aromatic carbocycles. The first kappa shape index (κ1) is 17.3. The Bertz CT molecular complexity index is 666. The molecule has 0 aliphatic rings. The predicted molar refractivity (Wildman–Crippen MR) is 95.6 cm³/mol. The summed E-state index contributed by atoms with van der Waals surface area (Å²) in [4.78, 5) is 10.6. The highest BCUT2D eigenvalue weighted by atomic mass is 79.9. The van der Waals surface area contributed by atoms with Crippen molar-refractivity contribution in [3.63, 3.8) is 0 Å². The molecule has 2 rings (SSSR count). The van der Waals surface area contributed by atoms with E-state index in [-0.39, 0.29) is 0 Å². The molecule has 2 aromatic rings. The minimum atomic E-state index is 0.615. The molecule has 0 aliphatic heterocycles. The van der Waals surface area contributed by atoms with Gasteiger partial charge in [-0.2, -0.15) is 0 Å². The Kier molecular flexibility index (Phi) is 6.04. The lowest BCUT2D eigenvalue weighted by Gasteiger charge is -2.22. The molecule has 0 spiro atoms. The van der Waals surface area contributed by atoms with Crippen molar-refractivity contribution in [2.45, 2.75) is 13.1 Å². The number of rotatable bonds is 5. The minimum absolute atomic E-state index is 0.615. The number of hydrogen-bond acceptors (Lipinski definition) is 3. The van der Waals surface area contributed by atoms with Gasteiger partial charge in [-0.3, -0.25) is 4.99 Å². The van der Waals surface area contributed by atoms with Gasteiger partial charge in [0.15, 0.2) is 5.96 Å². The number of nitrogens with zero attached hydrogens (tertiary/aromatic N) is 4. The summed E-state index contributed by atoms with van der Waals surface area (Å²) >= 11 is 3.50. The zero-order valence-corrected chi connectivity index (χ0v) is 15.5. The van der Waals surface area contributed by atoms with Crippen molar-refractivity contribution in [1.82, 2.24) is 19.8 Å². The smallest absolute Gasteiger partial charge is 0.212 e. The van der Waals surface area contributed by atoms with Gasteiger partial charge in [-0.05, 0) is 27.6 Å². The lowest BCUT2D eigenvalue weighted by molar-refractivity contribution is 0.397. The topological polar surface area (TPSA) is 54.7 Å². The molecule has 23 heavy (non-hydrogen) atoms. The van der Waals surface area contributed by atoms with Crippen LogP contribution >= 0.6 is 15.9 Å². The van der Waals surface area contributed by atoms with Gasteiger partial charge in [0.05, 0.1) is 13.7 Å². The van der Waals surface area contributed by atoms with Crippen molar-refractivity contribution in [3.05, 3.63) is 46.3 Å². The Morgan fingerprint density at radius 1 is 1.48 bits per heavy atom. The molecule has 0 aliphatic carbocycles. The standard InChI is InChI=1S/C16H22BrN5O/c1-18-16(20-9-12-5-6-15(23-4)19-8-12)22(3)11-14-7-13(17)10-21(14)2/h5-8,10H,9,11H2,1-4H3,(H,18,20). The average Bonchev–Trinajstić information content (AvgIpc) is 2.86. The van der Waals surface area contributed by atoms with E-state index in [1.54, 1.807) is 20.4 Å². The van der Waals surface area contributed by atoms with Gasteiger partial charge >= 0.3 is 0 Å². The number of aryl methyl sites for hydroxylation is 1. The van der Waals surface area contributed by atoms with Crippen LogP contribution < -0.4 is 10.1 Å². The van der Waals surface area contributed by atoms with Crippen LogP contribution in [-0.2, 0) is 20.1 Å². The first-order valence-corrected chi connectivity index (χ1v) is 8.04. The molecule has 0 amide bonds. The Balaban J connectivity index is 1.94. The van der Waals surface area contributed by atoms with E-state index in [4.69, 9.17) is 4.74 Å². The van der Waals surface area contributed by atoms with Crippen LogP contribution in [0.1, 0.15) is 11.3 Å². The van der Waals surface area contributed by atoms with E-state index in [1.807, 2.05) is 32.4 Å². The summed E-state index contributed by atoms with van der Waals surface area (Å²) in [5.74, 6) is 1.45. The molecule has 0 saturated heterocycles. The molecule has 0 unspecified atom stereocenters. The lowest BCUT2D eigenvalue weighted by atomic mass is 10.3. The van der Waals surface area contributed by atoms with Gasteiger partial charge < -0.3 is 19.5 Å². The van der Waals surface area contributed by atoms with E-state index in [2.05, 4.69) is 46.8 Å². The lowest BCUT2D eigenvalue weighted by Crippen LogP contribution is -2.38. The highest BCUT2D eigenvalue weighted by Crippen LogP contribution is 2.15. The van der Waals surface area contributed by atoms with Crippen molar-refractivity contribution in [2.75, 3.05) is 21.2 Å². The number of aromatic nitrogens is 2. The number of methoxy groups -OCH3 is 1. The van der Waals surface area contributed by atoms with Crippen molar-refractivity contribution >= 4 is 21.9 Å². The summed E-state index contributed by atoms with van der Waals surface area (Å²) in [5.41, 5.74) is 2.27. The molecule has 124 valence electrons. The van der Waals surface area contributed by atoms with Crippen LogP contribution in [0.25, 0.3) is 0 Å². The van der Waals surface area contributed by atoms with Crippen molar-refractivity contribution in [3.8, 4) is 5.88 Å². The van der Waals surface area contributed by atoms with Crippen molar-refractivity contribution in [2.24, 2.45) is 12.0 Å². The molecule has 0 fully saturated rings. The van der Waals surface area contributed by atoms with E-state index in [9.17, 15) is 0 Å². The maximum atomic E-state index is 5.06. The summed E-state index contributed by atoms with van der Waals surface area (Å²) in [5, 5.41) is 3.34. The second-order valence-corrected chi connectivity index (χ2v) is 6.14. The highest BCUT2D eigenvalue weighted by molar-refractivity contribution is 9.10. The first-order valence-electron chi connectivity index (χ1n) is 7.25. The number of aliphatic imine (C=N–C) groups is 1. The second-order valence-electron chi connectivity index (χ2n) is 5.23. The van der Waals surface area contributed by atoms with E-state index >= 15 is 0 Å². The van der Waals surface area contributed by atoms with Crippen LogP contribution in [0, 0.1) is 0 Å². The van der Waals surface area contributed by atoms with Crippen LogP contribution in [0.15, 0.2) is 40.1 Å². The zero-order chi connectivity index (χ0) is 16.8. The monoisotopic (exact) mass is 379 g/mol. The van der Waals surface area contributed by atoms with Gasteiger partial charge in [-0.15, -0.1) is 0 Å². The molecule has 0 atom stereocenters. The van der Waals surface area contributed by atoms with Gasteiger partial charge in [0.25, 0.3) is 0 Å². The third-order valence-electron chi connectivity index (χ3n) is 3.50. The Morgan fingerprint density at radius 2 is 2.26 bits per heavy atom. The molecule has 6 nitrogen and oxygen atoms in total. The molecule has 7 heteroatoms. The summed E-state index contributed by atoms with van der Waals surface area (Å²) < 4.78 is 8.24. The summed E-state index contributed by atoms with van der Waals surface area (Å²) in [6.45, 7) is 1.42. The molecule has 1 N–H and O–H groups in total. The number of guanidine groups is 1. The zero-order valence-electron chi connectivity index (χ0n) is 13.9. The van der Waals surface area contributed by atoms with Crippen molar-refractivity contribution < 1.29 is 4.74 Å². The number of hydrogen-bond donors (Lipinski definition) is 1.